The standard InChI is InChI=1S/C35H37BrN2O2SSi/c1-6-35(5,27-17-19-28(36)20-18-27)31-24-41-33(37-31)38-32(39)26-21-25(22-26)23-40-42(34(2,3)4,29-13-9-7-10-14-29)30-15-11-8-12-16-30/h1,7-20,24-26H,21-23H2,2-5H3,(H,37,38,39). The first-order valence-electron chi connectivity index (χ1n) is 14.3. The van der Waals surface area contributed by atoms with E-state index in [1.165, 1.54) is 21.7 Å². The molecule has 1 heterocycles. The van der Waals surface area contributed by atoms with Crippen molar-refractivity contribution in [3.63, 3.8) is 0 Å². The summed E-state index contributed by atoms with van der Waals surface area (Å²) >= 11 is 4.90. The first kappa shape index (κ1) is 30.4. The summed E-state index contributed by atoms with van der Waals surface area (Å²) in [6, 6.07) is 29.4. The lowest BCUT2D eigenvalue weighted by Crippen LogP contribution is -2.67. The third kappa shape index (κ3) is 5.91. The predicted octanol–water partition coefficient (Wildman–Crippen LogP) is 7.39. The second-order valence-electron chi connectivity index (χ2n) is 12.3. The van der Waals surface area contributed by atoms with Crippen LogP contribution in [0.2, 0.25) is 5.04 Å². The highest BCUT2D eigenvalue weighted by Crippen LogP contribution is 2.41. The molecule has 1 atom stereocenters. The number of carbonyl (C=O) groups is 1. The van der Waals surface area contributed by atoms with Crippen molar-refractivity contribution in [1.29, 1.82) is 0 Å². The number of hydrogen-bond donors (Lipinski definition) is 1. The highest BCUT2D eigenvalue weighted by atomic mass is 79.9. The molecule has 1 amide bonds. The van der Waals surface area contributed by atoms with Gasteiger partial charge in [0.1, 0.15) is 0 Å². The molecule has 3 aromatic carbocycles. The summed E-state index contributed by atoms with van der Waals surface area (Å²) in [5, 5.41) is 8.06. The molecule has 216 valence electrons. The van der Waals surface area contributed by atoms with Crippen LogP contribution in [0.25, 0.3) is 0 Å². The fourth-order valence-electron chi connectivity index (χ4n) is 5.95. The fourth-order valence-corrected chi connectivity index (χ4v) is 11.7. The largest absolute Gasteiger partial charge is 0.407 e. The van der Waals surface area contributed by atoms with Crippen molar-refractivity contribution in [3.05, 3.63) is 106 Å². The Morgan fingerprint density at radius 2 is 1.57 bits per heavy atom. The number of rotatable bonds is 9. The SMILES string of the molecule is C#CC(C)(c1ccc(Br)cc1)c1csc(NC(=O)C2CC(CO[Si](c3ccccc3)(c3ccccc3)C(C)(C)C)C2)n1. The minimum atomic E-state index is -2.58. The number of carbonyl (C=O) groups excluding carboxylic acids is 1. The zero-order valence-corrected chi connectivity index (χ0v) is 28.0. The van der Waals surface area contributed by atoms with Crippen molar-refractivity contribution in [3.8, 4) is 12.3 Å². The Bertz CT molecular complexity index is 1520. The van der Waals surface area contributed by atoms with Crippen LogP contribution in [-0.2, 0) is 14.6 Å². The minimum absolute atomic E-state index is 0.0173. The van der Waals surface area contributed by atoms with Crippen molar-refractivity contribution < 1.29 is 9.22 Å². The van der Waals surface area contributed by atoms with E-state index in [1.807, 2.05) is 36.6 Å². The smallest absolute Gasteiger partial charge is 0.261 e. The van der Waals surface area contributed by atoms with Gasteiger partial charge in [-0.15, -0.1) is 17.8 Å². The fraction of sp³-hybridized carbons (Fsp3) is 0.314. The summed E-state index contributed by atoms with van der Waals surface area (Å²) in [4.78, 5) is 17.9. The molecule has 42 heavy (non-hydrogen) atoms. The minimum Gasteiger partial charge on any atom is -0.407 e. The summed E-state index contributed by atoms with van der Waals surface area (Å²) < 4.78 is 8.09. The van der Waals surface area contributed by atoms with Gasteiger partial charge in [0.05, 0.1) is 11.1 Å². The van der Waals surface area contributed by atoms with E-state index in [0.29, 0.717) is 17.7 Å². The molecule has 1 aliphatic carbocycles. The first-order valence-corrected chi connectivity index (χ1v) is 17.9. The van der Waals surface area contributed by atoms with Crippen molar-refractivity contribution in [2.75, 3.05) is 11.9 Å². The van der Waals surface area contributed by atoms with E-state index in [0.717, 1.165) is 28.6 Å². The van der Waals surface area contributed by atoms with Gasteiger partial charge in [0.15, 0.2) is 5.13 Å². The molecule has 1 N–H and O–H groups in total. The summed E-state index contributed by atoms with van der Waals surface area (Å²) in [7, 11) is -2.58. The van der Waals surface area contributed by atoms with Crippen LogP contribution < -0.4 is 15.7 Å². The van der Waals surface area contributed by atoms with Gasteiger partial charge in [0, 0.05) is 22.4 Å². The number of thiazole rings is 1. The first-order chi connectivity index (χ1) is 20.1. The van der Waals surface area contributed by atoms with Gasteiger partial charge < -0.3 is 9.74 Å². The summed E-state index contributed by atoms with van der Waals surface area (Å²) in [5.74, 6) is 3.23. The molecule has 4 nitrogen and oxygen atoms in total. The molecule has 0 radical (unpaired) electrons. The Labute approximate surface area is 263 Å². The Hall–Kier alpha value is -3.02. The molecule has 1 saturated carbocycles. The number of nitrogens with one attached hydrogen (secondary N) is 1. The van der Waals surface area contributed by atoms with Crippen molar-refractivity contribution in [2.24, 2.45) is 11.8 Å². The lowest BCUT2D eigenvalue weighted by molar-refractivity contribution is -0.124. The predicted molar refractivity (Wildman–Crippen MR) is 180 cm³/mol. The zero-order valence-electron chi connectivity index (χ0n) is 24.6. The Balaban J connectivity index is 1.24. The number of hydrogen-bond acceptors (Lipinski definition) is 4. The van der Waals surface area contributed by atoms with E-state index in [2.05, 4.69) is 109 Å². The van der Waals surface area contributed by atoms with E-state index in [4.69, 9.17) is 15.8 Å². The van der Waals surface area contributed by atoms with E-state index >= 15 is 0 Å². The van der Waals surface area contributed by atoms with Gasteiger partial charge in [-0.1, -0.05) is 115 Å². The second kappa shape index (κ2) is 12.3. The van der Waals surface area contributed by atoms with Crippen LogP contribution in [0.15, 0.2) is 94.8 Å². The molecule has 5 rings (SSSR count). The Kier molecular flexibility index (Phi) is 8.91. The monoisotopic (exact) mass is 656 g/mol. The molecule has 0 aliphatic heterocycles. The van der Waals surface area contributed by atoms with E-state index < -0.39 is 13.7 Å². The lowest BCUT2D eigenvalue weighted by Gasteiger charge is -2.45. The van der Waals surface area contributed by atoms with Crippen molar-refractivity contribution >= 4 is 57.0 Å². The van der Waals surface area contributed by atoms with Crippen molar-refractivity contribution in [1.82, 2.24) is 4.98 Å². The van der Waals surface area contributed by atoms with Gasteiger partial charge in [0.25, 0.3) is 8.32 Å². The van der Waals surface area contributed by atoms with Gasteiger partial charge in [-0.25, -0.2) is 4.98 Å². The Morgan fingerprint density at radius 3 is 2.10 bits per heavy atom. The number of terminal acetylenes is 1. The van der Waals surface area contributed by atoms with Gasteiger partial charge in [-0.05, 0) is 58.8 Å². The third-order valence-electron chi connectivity index (χ3n) is 8.52. The molecule has 1 fully saturated rings. The molecular weight excluding hydrogens is 620 g/mol. The molecule has 4 aromatic rings. The molecule has 0 spiro atoms. The molecule has 0 saturated heterocycles. The van der Waals surface area contributed by atoms with E-state index in [9.17, 15) is 4.79 Å². The summed E-state index contributed by atoms with van der Waals surface area (Å²) in [6.45, 7) is 9.51. The molecule has 1 aromatic heterocycles. The normalized spacial score (nSPS) is 18.4. The number of aromatic nitrogens is 1. The summed E-state index contributed by atoms with van der Waals surface area (Å²) in [6.07, 6.45) is 7.60. The second-order valence-corrected chi connectivity index (χ2v) is 18.4. The van der Waals surface area contributed by atoms with Gasteiger partial charge in [-0.2, -0.15) is 0 Å². The van der Waals surface area contributed by atoms with E-state index in [-0.39, 0.29) is 16.9 Å². The maximum Gasteiger partial charge on any atom is 0.261 e. The van der Waals surface area contributed by atoms with Crippen LogP contribution >= 0.6 is 27.3 Å². The maximum atomic E-state index is 13.2. The van der Waals surface area contributed by atoms with Crippen LogP contribution in [0, 0.1) is 24.2 Å². The van der Waals surface area contributed by atoms with Gasteiger partial charge in [0.2, 0.25) is 5.91 Å². The Morgan fingerprint density at radius 1 is 1.00 bits per heavy atom. The van der Waals surface area contributed by atoms with Crippen LogP contribution in [0.3, 0.4) is 0 Å². The van der Waals surface area contributed by atoms with E-state index in [1.54, 1.807) is 0 Å². The molecule has 7 heteroatoms. The topological polar surface area (TPSA) is 51.2 Å². The average molecular weight is 658 g/mol. The number of amides is 1. The van der Waals surface area contributed by atoms with Crippen LogP contribution in [0.1, 0.15) is 51.8 Å². The number of anilines is 1. The molecule has 1 unspecified atom stereocenters. The van der Waals surface area contributed by atoms with Crippen LogP contribution in [-0.4, -0.2) is 25.8 Å². The highest BCUT2D eigenvalue weighted by molar-refractivity contribution is 9.10. The zero-order chi connectivity index (χ0) is 30.0. The number of benzene rings is 3. The van der Waals surface area contributed by atoms with Crippen molar-refractivity contribution in [2.45, 2.75) is 51.0 Å². The lowest BCUT2D eigenvalue weighted by atomic mass is 9.75. The molecule has 1 aliphatic rings. The third-order valence-corrected chi connectivity index (χ3v) is 14.8. The van der Waals surface area contributed by atoms with Crippen LogP contribution in [0.5, 0.6) is 0 Å². The highest BCUT2D eigenvalue weighted by Gasteiger charge is 2.51. The number of halogens is 1. The summed E-state index contributed by atoms with van der Waals surface area (Å²) in [5.41, 5.74) is 1.07. The number of nitrogens with zero attached hydrogens (tertiary/aromatic N) is 1. The van der Waals surface area contributed by atoms with Gasteiger partial charge >= 0.3 is 0 Å². The molecular formula is C35H37BrN2O2SSi. The maximum absolute atomic E-state index is 13.2. The van der Waals surface area contributed by atoms with Crippen LogP contribution in [0.4, 0.5) is 5.13 Å². The molecule has 0 bridgehead atoms. The quantitative estimate of drug-likeness (QED) is 0.151. The average Bonchev–Trinajstić information content (AvgIpc) is 3.43. The van der Waals surface area contributed by atoms with Gasteiger partial charge in [-0.3, -0.25) is 4.79 Å².